The largest absolute Gasteiger partial charge is 0.507 e. The lowest BCUT2D eigenvalue weighted by molar-refractivity contribution is -0.139. The smallest absolute Gasteiger partial charge is 0.337 e. The van der Waals surface area contributed by atoms with Gasteiger partial charge in [0.1, 0.15) is 11.5 Å². The van der Waals surface area contributed by atoms with Crippen molar-refractivity contribution in [3.63, 3.8) is 0 Å². The molecule has 1 fully saturated rings. The standard InChI is InChI=1S/C30H24Cl2N2O6/c1-39-20-8-10-24-22(14-20)18(15-33-24)11-12-34-26(16-3-5-17(6-4-16)30(38)40-2)25(28(36)29(34)37)27(35)21-9-7-19(31)13-23(21)32/h3-10,13-15,26,33,35H,11-12H2,1-2H3/t26-/m0/s1. The van der Waals surface area contributed by atoms with Gasteiger partial charge < -0.3 is 24.5 Å². The van der Waals surface area contributed by atoms with Gasteiger partial charge in [-0.3, -0.25) is 9.59 Å². The second-order valence-corrected chi connectivity index (χ2v) is 10.0. The zero-order chi connectivity index (χ0) is 28.6. The summed E-state index contributed by atoms with van der Waals surface area (Å²) in [5, 5.41) is 12.7. The molecule has 5 rings (SSSR count). The number of benzene rings is 3. The fourth-order valence-corrected chi connectivity index (χ4v) is 5.43. The highest BCUT2D eigenvalue weighted by Gasteiger charge is 2.46. The predicted octanol–water partition coefficient (Wildman–Crippen LogP) is 5.93. The first kappa shape index (κ1) is 27.3. The van der Waals surface area contributed by atoms with Gasteiger partial charge in [0.05, 0.1) is 36.4 Å². The molecule has 1 aliphatic rings. The number of carbonyl (C=O) groups is 3. The van der Waals surface area contributed by atoms with E-state index in [9.17, 15) is 19.5 Å². The summed E-state index contributed by atoms with van der Waals surface area (Å²) in [6, 6.07) is 15.5. The van der Waals surface area contributed by atoms with E-state index in [1.165, 1.54) is 30.2 Å². The second-order valence-electron chi connectivity index (χ2n) is 9.21. The molecular weight excluding hydrogens is 555 g/mol. The van der Waals surface area contributed by atoms with Gasteiger partial charge in [0.25, 0.3) is 11.7 Å². The summed E-state index contributed by atoms with van der Waals surface area (Å²) >= 11 is 12.4. The molecule has 0 bridgehead atoms. The first-order chi connectivity index (χ1) is 19.2. The van der Waals surface area contributed by atoms with E-state index in [1.807, 2.05) is 24.4 Å². The van der Waals surface area contributed by atoms with Crippen molar-refractivity contribution in [3.8, 4) is 5.75 Å². The van der Waals surface area contributed by atoms with Gasteiger partial charge >= 0.3 is 5.97 Å². The third-order valence-electron chi connectivity index (χ3n) is 6.97. The van der Waals surface area contributed by atoms with Crippen LogP contribution in [0.15, 0.2) is 72.4 Å². The number of H-pyrrole nitrogens is 1. The molecule has 1 amide bonds. The molecule has 1 aromatic heterocycles. The maximum Gasteiger partial charge on any atom is 0.337 e. The number of nitrogens with one attached hydrogen (secondary N) is 1. The Balaban J connectivity index is 1.58. The monoisotopic (exact) mass is 578 g/mol. The van der Waals surface area contributed by atoms with Crippen molar-refractivity contribution in [1.29, 1.82) is 0 Å². The lowest BCUT2D eigenvalue weighted by Gasteiger charge is -2.25. The summed E-state index contributed by atoms with van der Waals surface area (Å²) in [7, 11) is 2.87. The Morgan fingerprint density at radius 1 is 1.02 bits per heavy atom. The van der Waals surface area contributed by atoms with Crippen LogP contribution in [0.4, 0.5) is 0 Å². The number of rotatable bonds is 7. The number of hydrogen-bond donors (Lipinski definition) is 2. The number of esters is 1. The molecule has 1 atom stereocenters. The number of halogens is 2. The number of aliphatic hydroxyl groups excluding tert-OH is 1. The number of carbonyl (C=O) groups excluding carboxylic acids is 3. The number of aliphatic hydroxyl groups is 1. The van der Waals surface area contributed by atoms with E-state index in [1.54, 1.807) is 31.4 Å². The number of amides is 1. The van der Waals surface area contributed by atoms with Crippen molar-refractivity contribution in [3.05, 3.63) is 105 Å². The van der Waals surface area contributed by atoms with Gasteiger partial charge in [0.2, 0.25) is 0 Å². The van der Waals surface area contributed by atoms with E-state index in [4.69, 9.17) is 32.7 Å². The van der Waals surface area contributed by atoms with Crippen LogP contribution < -0.4 is 4.74 Å². The highest BCUT2D eigenvalue weighted by atomic mass is 35.5. The van der Waals surface area contributed by atoms with Crippen molar-refractivity contribution in [2.75, 3.05) is 20.8 Å². The van der Waals surface area contributed by atoms with E-state index in [0.717, 1.165) is 16.5 Å². The Labute approximate surface area is 239 Å². The van der Waals surface area contributed by atoms with E-state index in [0.29, 0.717) is 28.3 Å². The zero-order valence-corrected chi connectivity index (χ0v) is 23.0. The highest BCUT2D eigenvalue weighted by Crippen LogP contribution is 2.41. The molecule has 0 saturated carbocycles. The number of methoxy groups -OCH3 is 2. The number of likely N-dealkylation sites (tertiary alicyclic amines) is 1. The first-order valence-electron chi connectivity index (χ1n) is 12.3. The molecular formula is C30H24Cl2N2O6. The van der Waals surface area contributed by atoms with E-state index in [-0.39, 0.29) is 22.7 Å². The molecule has 2 N–H and O–H groups in total. The van der Waals surface area contributed by atoms with E-state index >= 15 is 0 Å². The van der Waals surface area contributed by atoms with Crippen LogP contribution in [0.5, 0.6) is 5.75 Å². The molecule has 0 spiro atoms. The number of hydrogen-bond acceptors (Lipinski definition) is 6. The quantitative estimate of drug-likeness (QED) is 0.122. The molecule has 0 aliphatic carbocycles. The predicted molar refractivity (Wildman–Crippen MR) is 152 cm³/mol. The van der Waals surface area contributed by atoms with Gasteiger partial charge in [-0.05, 0) is 66.1 Å². The minimum absolute atomic E-state index is 0.111. The lowest BCUT2D eigenvalue weighted by Crippen LogP contribution is -2.31. The third kappa shape index (κ3) is 4.92. The van der Waals surface area contributed by atoms with Crippen LogP contribution >= 0.6 is 23.2 Å². The minimum atomic E-state index is -0.932. The minimum Gasteiger partial charge on any atom is -0.507 e. The normalized spacial score (nSPS) is 16.5. The molecule has 40 heavy (non-hydrogen) atoms. The molecule has 8 nitrogen and oxygen atoms in total. The number of ketones is 1. The maximum absolute atomic E-state index is 13.4. The molecule has 204 valence electrons. The van der Waals surface area contributed by atoms with Crippen LogP contribution in [0.3, 0.4) is 0 Å². The average molecular weight is 579 g/mol. The van der Waals surface area contributed by atoms with Gasteiger partial charge in [-0.15, -0.1) is 0 Å². The number of ether oxygens (including phenoxy) is 2. The topological polar surface area (TPSA) is 109 Å². The van der Waals surface area contributed by atoms with Crippen LogP contribution in [0.25, 0.3) is 16.7 Å². The third-order valence-corrected chi connectivity index (χ3v) is 7.52. The molecule has 4 aromatic rings. The second kappa shape index (κ2) is 11.1. The molecule has 10 heteroatoms. The highest BCUT2D eigenvalue weighted by molar-refractivity contribution is 6.47. The van der Waals surface area contributed by atoms with Crippen LogP contribution in [0.2, 0.25) is 10.0 Å². The van der Waals surface area contributed by atoms with E-state index in [2.05, 4.69) is 4.98 Å². The van der Waals surface area contributed by atoms with Crippen molar-refractivity contribution in [2.24, 2.45) is 0 Å². The van der Waals surface area contributed by atoms with Gasteiger partial charge in [-0.1, -0.05) is 35.3 Å². The van der Waals surface area contributed by atoms with Gasteiger partial charge in [0, 0.05) is 34.2 Å². The molecule has 1 aliphatic heterocycles. The first-order valence-corrected chi connectivity index (χ1v) is 13.0. The maximum atomic E-state index is 13.4. The number of aromatic nitrogens is 1. The summed E-state index contributed by atoms with van der Waals surface area (Å²) in [5.41, 5.74) is 2.72. The number of Topliss-reactive ketones (excluding diaryl/α,β-unsaturated/α-hetero) is 1. The lowest BCUT2D eigenvalue weighted by atomic mass is 9.94. The Morgan fingerprint density at radius 2 is 1.77 bits per heavy atom. The van der Waals surface area contributed by atoms with E-state index < -0.39 is 29.5 Å². The SMILES string of the molecule is COC(=O)c1ccc([C@H]2C(=C(O)c3ccc(Cl)cc3Cl)C(=O)C(=O)N2CCc2c[nH]c3ccc(OC)cc23)cc1. The number of fused-ring (bicyclic) bond motifs is 1. The van der Waals surface area contributed by atoms with Crippen LogP contribution in [-0.4, -0.2) is 53.4 Å². The van der Waals surface area contributed by atoms with Crippen molar-refractivity contribution >= 4 is 57.5 Å². The molecule has 3 aromatic carbocycles. The Hall–Kier alpha value is -4.27. The van der Waals surface area contributed by atoms with Gasteiger partial charge in [0.15, 0.2) is 0 Å². The molecule has 0 unspecified atom stereocenters. The number of aromatic amines is 1. The summed E-state index contributed by atoms with van der Waals surface area (Å²) in [5.74, 6) is -1.85. The van der Waals surface area contributed by atoms with Crippen molar-refractivity contribution in [1.82, 2.24) is 9.88 Å². The Bertz CT molecular complexity index is 1680. The van der Waals surface area contributed by atoms with Gasteiger partial charge in [-0.25, -0.2) is 4.79 Å². The summed E-state index contributed by atoms with van der Waals surface area (Å²) < 4.78 is 10.1. The Morgan fingerprint density at radius 3 is 2.45 bits per heavy atom. The molecule has 0 radical (unpaired) electrons. The summed E-state index contributed by atoms with van der Waals surface area (Å²) in [4.78, 5) is 43.4. The van der Waals surface area contributed by atoms with Crippen molar-refractivity contribution in [2.45, 2.75) is 12.5 Å². The number of nitrogens with zero attached hydrogens (tertiary/aromatic N) is 1. The Kier molecular flexibility index (Phi) is 7.56. The van der Waals surface area contributed by atoms with Crippen LogP contribution in [0, 0.1) is 0 Å². The molecule has 1 saturated heterocycles. The van der Waals surface area contributed by atoms with Crippen LogP contribution in [-0.2, 0) is 20.7 Å². The fraction of sp³-hybridized carbons (Fsp3) is 0.167. The summed E-state index contributed by atoms with van der Waals surface area (Å²) in [6.45, 7) is 0.170. The molecule has 2 heterocycles. The van der Waals surface area contributed by atoms with Crippen LogP contribution in [0.1, 0.15) is 33.1 Å². The summed E-state index contributed by atoms with van der Waals surface area (Å²) in [6.07, 6.45) is 2.27. The average Bonchev–Trinajstić information content (AvgIpc) is 3.48. The zero-order valence-electron chi connectivity index (χ0n) is 21.5. The van der Waals surface area contributed by atoms with Crippen molar-refractivity contribution < 1.29 is 29.0 Å². The fourth-order valence-electron chi connectivity index (χ4n) is 4.94. The van der Waals surface area contributed by atoms with Gasteiger partial charge in [-0.2, -0.15) is 0 Å².